The van der Waals surface area contributed by atoms with Crippen molar-refractivity contribution in [3.63, 3.8) is 0 Å². The molecule has 0 saturated carbocycles. The van der Waals surface area contributed by atoms with Crippen LogP contribution in [0.1, 0.15) is 18.8 Å². The van der Waals surface area contributed by atoms with Gasteiger partial charge in [0.1, 0.15) is 18.1 Å². The van der Waals surface area contributed by atoms with E-state index in [0.717, 1.165) is 4.57 Å². The summed E-state index contributed by atoms with van der Waals surface area (Å²) in [7, 11) is 1.56. The Labute approximate surface area is 154 Å². The molecule has 2 aromatic carbocycles. The summed E-state index contributed by atoms with van der Waals surface area (Å²) in [6, 6.07) is 13.4. The normalized spacial score (nSPS) is 11.0. The molecule has 3 rings (SSSR count). The molecule has 0 bridgehead atoms. The molecule has 0 aliphatic heterocycles. The van der Waals surface area contributed by atoms with Crippen molar-refractivity contribution < 1.29 is 27.8 Å². The van der Waals surface area contributed by atoms with E-state index in [-0.39, 0.29) is 25.5 Å². The molecule has 1 heterocycles. The molecule has 27 heavy (non-hydrogen) atoms. The van der Waals surface area contributed by atoms with Gasteiger partial charge in [0.15, 0.2) is 5.82 Å². The van der Waals surface area contributed by atoms with Crippen LogP contribution in [0.3, 0.4) is 0 Å². The standard InChI is InChI=1S/C19H18F2N2O4/c1-25-13-6-8-14(9-7-13)26-11-10-18(24)27-12-17-22-15-4-2-3-5-16(15)23(17)19(20)21/h2-9,19H,10-12H2,1H3. The lowest BCUT2D eigenvalue weighted by Gasteiger charge is -2.09. The zero-order valence-electron chi connectivity index (χ0n) is 14.6. The molecule has 8 heteroatoms. The average molecular weight is 376 g/mol. The van der Waals surface area contributed by atoms with Crippen LogP contribution in [0.5, 0.6) is 11.5 Å². The second-order valence-electron chi connectivity index (χ2n) is 5.60. The predicted octanol–water partition coefficient (Wildman–Crippen LogP) is 3.95. The molecule has 0 spiro atoms. The maximum atomic E-state index is 13.3. The van der Waals surface area contributed by atoms with E-state index in [2.05, 4.69) is 4.98 Å². The van der Waals surface area contributed by atoms with Crippen molar-refractivity contribution in [2.75, 3.05) is 13.7 Å². The van der Waals surface area contributed by atoms with Crippen LogP contribution in [0.15, 0.2) is 48.5 Å². The largest absolute Gasteiger partial charge is 0.497 e. The van der Waals surface area contributed by atoms with E-state index < -0.39 is 12.5 Å². The number of carbonyl (C=O) groups is 1. The fourth-order valence-corrected chi connectivity index (χ4v) is 2.56. The van der Waals surface area contributed by atoms with E-state index in [4.69, 9.17) is 14.2 Å². The Balaban J connectivity index is 1.53. The molecule has 0 atom stereocenters. The second-order valence-corrected chi connectivity index (χ2v) is 5.60. The minimum absolute atomic E-state index is 0.00405. The number of para-hydroxylation sites is 2. The van der Waals surface area contributed by atoms with Crippen LogP contribution < -0.4 is 9.47 Å². The number of imidazole rings is 1. The van der Waals surface area contributed by atoms with Crippen molar-refractivity contribution in [2.24, 2.45) is 0 Å². The third kappa shape index (κ3) is 4.52. The SMILES string of the molecule is COc1ccc(OCCC(=O)OCc2nc3ccccc3n2C(F)F)cc1. The Bertz CT molecular complexity index is 910. The summed E-state index contributed by atoms with van der Waals surface area (Å²) in [4.78, 5) is 16.0. The number of hydrogen-bond acceptors (Lipinski definition) is 5. The summed E-state index contributed by atoms with van der Waals surface area (Å²) in [5, 5.41) is 0. The van der Waals surface area contributed by atoms with E-state index in [1.54, 1.807) is 55.6 Å². The minimum atomic E-state index is -2.77. The van der Waals surface area contributed by atoms with Crippen LogP contribution in [0.25, 0.3) is 11.0 Å². The highest BCUT2D eigenvalue weighted by Crippen LogP contribution is 2.23. The molecule has 0 aliphatic rings. The lowest BCUT2D eigenvalue weighted by atomic mass is 10.3. The summed E-state index contributed by atoms with van der Waals surface area (Å²) >= 11 is 0. The first kappa shape index (κ1) is 18.6. The van der Waals surface area contributed by atoms with Crippen LogP contribution in [0.2, 0.25) is 0 Å². The van der Waals surface area contributed by atoms with Gasteiger partial charge in [-0.05, 0) is 36.4 Å². The smallest absolute Gasteiger partial charge is 0.320 e. The van der Waals surface area contributed by atoms with Gasteiger partial charge < -0.3 is 14.2 Å². The Morgan fingerprint density at radius 3 is 2.52 bits per heavy atom. The molecule has 0 radical (unpaired) electrons. The van der Waals surface area contributed by atoms with Crippen molar-refractivity contribution in [1.29, 1.82) is 0 Å². The number of carbonyl (C=O) groups excluding carboxylic acids is 1. The van der Waals surface area contributed by atoms with Crippen LogP contribution >= 0.6 is 0 Å². The maximum Gasteiger partial charge on any atom is 0.320 e. The van der Waals surface area contributed by atoms with Crippen LogP contribution in [0, 0.1) is 0 Å². The quantitative estimate of drug-likeness (QED) is 0.557. The van der Waals surface area contributed by atoms with Gasteiger partial charge in [-0.3, -0.25) is 9.36 Å². The Hall–Kier alpha value is -3.16. The van der Waals surface area contributed by atoms with E-state index in [1.807, 2.05) is 0 Å². The average Bonchev–Trinajstić information content (AvgIpc) is 3.05. The first-order valence-corrected chi connectivity index (χ1v) is 8.25. The van der Waals surface area contributed by atoms with Crippen LogP contribution in [-0.2, 0) is 16.1 Å². The summed E-state index contributed by atoms with van der Waals surface area (Å²) in [6.45, 7) is -3.00. The molecule has 0 unspecified atom stereocenters. The van der Waals surface area contributed by atoms with Crippen molar-refractivity contribution in [2.45, 2.75) is 19.6 Å². The van der Waals surface area contributed by atoms with Crippen molar-refractivity contribution in [3.05, 3.63) is 54.4 Å². The van der Waals surface area contributed by atoms with E-state index in [1.165, 1.54) is 0 Å². The van der Waals surface area contributed by atoms with Gasteiger partial charge in [0.25, 0.3) is 0 Å². The number of esters is 1. The van der Waals surface area contributed by atoms with Crippen molar-refractivity contribution >= 4 is 17.0 Å². The van der Waals surface area contributed by atoms with Gasteiger partial charge in [0.05, 0.1) is 31.2 Å². The number of aromatic nitrogens is 2. The highest BCUT2D eigenvalue weighted by atomic mass is 19.3. The topological polar surface area (TPSA) is 62.6 Å². The fourth-order valence-electron chi connectivity index (χ4n) is 2.56. The lowest BCUT2D eigenvalue weighted by molar-refractivity contribution is -0.146. The molecular weight excluding hydrogens is 358 g/mol. The first-order valence-electron chi connectivity index (χ1n) is 8.25. The van der Waals surface area contributed by atoms with Gasteiger partial charge in [-0.2, -0.15) is 8.78 Å². The number of fused-ring (bicyclic) bond motifs is 1. The van der Waals surface area contributed by atoms with Gasteiger partial charge in [0, 0.05) is 0 Å². The van der Waals surface area contributed by atoms with Crippen molar-refractivity contribution in [3.8, 4) is 11.5 Å². The third-order valence-corrected chi connectivity index (χ3v) is 3.86. The summed E-state index contributed by atoms with van der Waals surface area (Å²) in [5.74, 6) is 0.721. The minimum Gasteiger partial charge on any atom is -0.497 e. The molecule has 0 fully saturated rings. The van der Waals surface area contributed by atoms with E-state index in [0.29, 0.717) is 22.5 Å². The molecule has 0 saturated heterocycles. The van der Waals surface area contributed by atoms with Gasteiger partial charge in [-0.25, -0.2) is 4.98 Å². The molecule has 0 amide bonds. The van der Waals surface area contributed by atoms with Gasteiger partial charge in [0.2, 0.25) is 0 Å². The number of rotatable bonds is 8. The molecule has 3 aromatic rings. The monoisotopic (exact) mass is 376 g/mol. The van der Waals surface area contributed by atoms with Gasteiger partial charge >= 0.3 is 12.5 Å². The zero-order chi connectivity index (χ0) is 19.2. The molecule has 1 aromatic heterocycles. The second kappa shape index (κ2) is 8.48. The summed E-state index contributed by atoms with van der Waals surface area (Å²) in [6.07, 6.45) is -0.0130. The predicted molar refractivity (Wildman–Crippen MR) is 93.9 cm³/mol. The molecule has 6 nitrogen and oxygen atoms in total. The molecule has 0 aliphatic carbocycles. The summed E-state index contributed by atoms with van der Waals surface area (Å²) in [5.41, 5.74) is 0.716. The number of halogens is 2. The Kier molecular flexibility index (Phi) is 5.85. The number of nitrogens with zero attached hydrogens (tertiary/aromatic N) is 2. The number of alkyl halides is 2. The first-order chi connectivity index (χ1) is 13.1. The Morgan fingerprint density at radius 2 is 1.81 bits per heavy atom. The lowest BCUT2D eigenvalue weighted by Crippen LogP contribution is -2.13. The Morgan fingerprint density at radius 1 is 1.11 bits per heavy atom. The van der Waals surface area contributed by atoms with E-state index in [9.17, 15) is 13.6 Å². The zero-order valence-corrected chi connectivity index (χ0v) is 14.6. The molecule has 0 N–H and O–H groups in total. The maximum absolute atomic E-state index is 13.3. The number of hydrogen-bond donors (Lipinski definition) is 0. The number of methoxy groups -OCH3 is 1. The molecular formula is C19H18F2N2O4. The third-order valence-electron chi connectivity index (χ3n) is 3.86. The van der Waals surface area contributed by atoms with Gasteiger partial charge in [-0.1, -0.05) is 12.1 Å². The highest BCUT2D eigenvalue weighted by Gasteiger charge is 2.18. The fraction of sp³-hybridized carbons (Fsp3) is 0.263. The molecule has 142 valence electrons. The highest BCUT2D eigenvalue weighted by molar-refractivity contribution is 5.76. The van der Waals surface area contributed by atoms with Crippen LogP contribution in [0.4, 0.5) is 8.78 Å². The van der Waals surface area contributed by atoms with E-state index >= 15 is 0 Å². The van der Waals surface area contributed by atoms with Crippen molar-refractivity contribution in [1.82, 2.24) is 9.55 Å². The number of benzene rings is 2. The van der Waals surface area contributed by atoms with Crippen LogP contribution in [-0.4, -0.2) is 29.2 Å². The number of ether oxygens (including phenoxy) is 3. The van der Waals surface area contributed by atoms with Gasteiger partial charge in [-0.15, -0.1) is 0 Å². The summed E-state index contributed by atoms with van der Waals surface area (Å²) < 4.78 is 42.9.